The molecule has 8 heteroatoms. The smallest absolute Gasteiger partial charge is 0.271 e. The lowest BCUT2D eigenvalue weighted by atomic mass is 10.2. The fraction of sp³-hybridized carbons (Fsp3) is 0.100. The van der Waals surface area contributed by atoms with Crippen molar-refractivity contribution in [2.45, 2.75) is 6.54 Å². The van der Waals surface area contributed by atoms with Gasteiger partial charge in [0.25, 0.3) is 5.69 Å². The SMILES string of the molecule is O=[N+]([O-])c1ccc(O)c(NCc2cnc(Cl)s2)c1. The van der Waals surface area contributed by atoms with E-state index in [0.29, 0.717) is 16.7 Å². The highest BCUT2D eigenvalue weighted by atomic mass is 35.5. The van der Waals surface area contributed by atoms with Crippen LogP contribution in [-0.2, 0) is 6.54 Å². The molecule has 0 aliphatic rings. The summed E-state index contributed by atoms with van der Waals surface area (Å²) in [6.45, 7) is 0.388. The largest absolute Gasteiger partial charge is 0.506 e. The van der Waals surface area contributed by atoms with Crippen LogP contribution in [-0.4, -0.2) is 15.0 Å². The third-order valence-electron chi connectivity index (χ3n) is 2.17. The maximum absolute atomic E-state index is 10.6. The lowest BCUT2D eigenvalue weighted by molar-refractivity contribution is -0.384. The summed E-state index contributed by atoms with van der Waals surface area (Å²) in [5.74, 6) is -0.0452. The molecular formula is C10H8ClN3O3S. The van der Waals surface area contributed by atoms with Crippen LogP contribution >= 0.6 is 22.9 Å². The van der Waals surface area contributed by atoms with Gasteiger partial charge in [0.2, 0.25) is 0 Å². The summed E-state index contributed by atoms with van der Waals surface area (Å²) in [7, 11) is 0. The third kappa shape index (κ3) is 2.88. The van der Waals surface area contributed by atoms with E-state index in [9.17, 15) is 15.2 Å². The van der Waals surface area contributed by atoms with E-state index >= 15 is 0 Å². The summed E-state index contributed by atoms with van der Waals surface area (Å²) in [5.41, 5.74) is 0.214. The highest BCUT2D eigenvalue weighted by Gasteiger charge is 2.10. The molecule has 2 rings (SSSR count). The minimum Gasteiger partial charge on any atom is -0.506 e. The van der Waals surface area contributed by atoms with Crippen molar-refractivity contribution >= 4 is 34.3 Å². The number of phenolic OH excluding ortho intramolecular Hbond substituents is 1. The highest BCUT2D eigenvalue weighted by molar-refractivity contribution is 7.15. The molecule has 1 heterocycles. The average Bonchev–Trinajstić information content (AvgIpc) is 2.74. The fourth-order valence-electron chi connectivity index (χ4n) is 1.33. The number of nitro benzene ring substituents is 1. The first-order valence-corrected chi connectivity index (χ1v) is 6.07. The van der Waals surface area contributed by atoms with Gasteiger partial charge in [-0.3, -0.25) is 10.1 Å². The number of non-ortho nitro benzene ring substituents is 1. The van der Waals surface area contributed by atoms with E-state index < -0.39 is 4.92 Å². The van der Waals surface area contributed by atoms with Crippen LogP contribution in [0.25, 0.3) is 0 Å². The number of nitrogens with zero attached hydrogens (tertiary/aromatic N) is 2. The topological polar surface area (TPSA) is 88.3 Å². The van der Waals surface area contributed by atoms with Crippen molar-refractivity contribution in [3.63, 3.8) is 0 Å². The fourth-order valence-corrected chi connectivity index (χ4v) is 2.24. The summed E-state index contributed by atoms with van der Waals surface area (Å²) in [6, 6.07) is 3.79. The predicted molar refractivity (Wildman–Crippen MR) is 69.2 cm³/mol. The molecule has 0 spiro atoms. The maximum Gasteiger partial charge on any atom is 0.271 e. The number of thiazole rings is 1. The Kier molecular flexibility index (Phi) is 3.63. The van der Waals surface area contributed by atoms with Crippen LogP contribution in [0, 0.1) is 10.1 Å². The Bertz CT molecular complexity index is 587. The van der Waals surface area contributed by atoms with Crippen LogP contribution in [0.3, 0.4) is 0 Å². The van der Waals surface area contributed by atoms with Gasteiger partial charge in [-0.1, -0.05) is 11.6 Å². The Labute approximate surface area is 111 Å². The molecule has 0 radical (unpaired) electrons. The minimum atomic E-state index is -0.520. The van der Waals surface area contributed by atoms with Gasteiger partial charge < -0.3 is 10.4 Å². The van der Waals surface area contributed by atoms with Gasteiger partial charge in [-0.25, -0.2) is 4.98 Å². The lowest BCUT2D eigenvalue weighted by Crippen LogP contribution is -1.98. The zero-order chi connectivity index (χ0) is 13.1. The van der Waals surface area contributed by atoms with Gasteiger partial charge in [0.05, 0.1) is 17.2 Å². The molecule has 0 aliphatic heterocycles. The third-order valence-corrected chi connectivity index (χ3v) is 3.28. The number of nitro groups is 1. The van der Waals surface area contributed by atoms with Gasteiger partial charge in [-0.05, 0) is 6.07 Å². The molecule has 2 N–H and O–H groups in total. The molecule has 0 aliphatic carbocycles. The molecule has 6 nitrogen and oxygen atoms in total. The predicted octanol–water partition coefficient (Wildman–Crippen LogP) is 3.02. The van der Waals surface area contributed by atoms with Gasteiger partial charge in [0.1, 0.15) is 5.75 Å². The number of phenols is 1. The monoisotopic (exact) mass is 285 g/mol. The molecule has 94 valence electrons. The summed E-state index contributed by atoms with van der Waals surface area (Å²) >= 11 is 6.98. The molecule has 0 atom stereocenters. The lowest BCUT2D eigenvalue weighted by Gasteiger charge is -2.06. The second-order valence-corrected chi connectivity index (χ2v) is 5.09. The molecule has 0 fully saturated rings. The van der Waals surface area contributed by atoms with Crippen molar-refractivity contribution < 1.29 is 10.0 Å². The normalized spacial score (nSPS) is 10.3. The molecule has 0 saturated heterocycles. The Balaban J connectivity index is 2.13. The maximum atomic E-state index is 10.6. The number of halogens is 1. The molecule has 0 bridgehead atoms. The second kappa shape index (κ2) is 5.19. The summed E-state index contributed by atoms with van der Waals surface area (Å²) in [4.78, 5) is 14.8. The number of hydrogen-bond acceptors (Lipinski definition) is 6. The standard InChI is InChI=1S/C10H8ClN3O3S/c11-10-13-5-7(18-10)4-12-8-3-6(14(16)17)1-2-9(8)15/h1-3,5,12,15H,4H2. The van der Waals surface area contributed by atoms with Crippen molar-refractivity contribution in [3.8, 4) is 5.75 Å². The minimum absolute atomic E-state index is 0.0452. The number of nitrogens with one attached hydrogen (secondary N) is 1. The zero-order valence-electron chi connectivity index (χ0n) is 8.96. The van der Waals surface area contributed by atoms with Crippen LogP contribution in [0.15, 0.2) is 24.4 Å². The van der Waals surface area contributed by atoms with E-state index in [1.807, 2.05) is 0 Å². The van der Waals surface area contributed by atoms with Crippen molar-refractivity contribution in [3.05, 3.63) is 43.9 Å². The van der Waals surface area contributed by atoms with E-state index in [2.05, 4.69) is 10.3 Å². The van der Waals surface area contributed by atoms with E-state index in [4.69, 9.17) is 11.6 Å². The molecule has 0 unspecified atom stereocenters. The molecule has 1 aromatic heterocycles. The van der Waals surface area contributed by atoms with Crippen LogP contribution in [0.4, 0.5) is 11.4 Å². The first-order chi connectivity index (χ1) is 8.56. The van der Waals surface area contributed by atoms with Gasteiger partial charge >= 0.3 is 0 Å². The van der Waals surface area contributed by atoms with Gasteiger partial charge in [-0.2, -0.15) is 0 Å². The average molecular weight is 286 g/mol. The Hall–Kier alpha value is -1.86. The van der Waals surface area contributed by atoms with Crippen molar-refractivity contribution in [2.24, 2.45) is 0 Å². The van der Waals surface area contributed by atoms with Crippen molar-refractivity contribution in [2.75, 3.05) is 5.32 Å². The molecule has 1 aromatic carbocycles. The quantitative estimate of drug-likeness (QED) is 0.512. The zero-order valence-corrected chi connectivity index (χ0v) is 10.5. The molecule has 18 heavy (non-hydrogen) atoms. The van der Waals surface area contributed by atoms with Gasteiger partial charge in [0, 0.05) is 23.2 Å². The van der Waals surface area contributed by atoms with Crippen LogP contribution < -0.4 is 5.32 Å². The van der Waals surface area contributed by atoms with Gasteiger partial charge in [0.15, 0.2) is 4.47 Å². The van der Waals surface area contributed by atoms with Crippen LogP contribution in [0.1, 0.15) is 4.88 Å². The Morgan fingerprint density at radius 1 is 1.56 bits per heavy atom. The molecular weight excluding hydrogens is 278 g/mol. The Morgan fingerprint density at radius 3 is 2.94 bits per heavy atom. The van der Waals surface area contributed by atoms with E-state index in [-0.39, 0.29) is 11.4 Å². The summed E-state index contributed by atoms with van der Waals surface area (Å²) < 4.78 is 0.426. The number of hydrogen-bond donors (Lipinski definition) is 2. The summed E-state index contributed by atoms with van der Waals surface area (Å²) in [6.07, 6.45) is 1.61. The van der Waals surface area contributed by atoms with E-state index in [1.165, 1.54) is 29.5 Å². The molecule has 0 amide bonds. The van der Waals surface area contributed by atoms with Crippen molar-refractivity contribution in [1.29, 1.82) is 0 Å². The summed E-state index contributed by atoms with van der Waals surface area (Å²) in [5, 5.41) is 23.1. The number of rotatable bonds is 4. The van der Waals surface area contributed by atoms with Crippen LogP contribution in [0.5, 0.6) is 5.75 Å². The first-order valence-electron chi connectivity index (χ1n) is 4.88. The highest BCUT2D eigenvalue weighted by Crippen LogP contribution is 2.28. The molecule has 2 aromatic rings. The number of aromatic nitrogens is 1. The van der Waals surface area contributed by atoms with E-state index in [1.54, 1.807) is 6.20 Å². The van der Waals surface area contributed by atoms with Crippen LogP contribution in [0.2, 0.25) is 4.47 Å². The second-order valence-electron chi connectivity index (χ2n) is 3.39. The van der Waals surface area contributed by atoms with Crippen molar-refractivity contribution in [1.82, 2.24) is 4.98 Å². The number of benzene rings is 1. The van der Waals surface area contributed by atoms with Gasteiger partial charge in [-0.15, -0.1) is 11.3 Å². The Morgan fingerprint density at radius 2 is 2.33 bits per heavy atom. The molecule has 0 saturated carbocycles. The first kappa shape index (κ1) is 12.6. The number of anilines is 1. The number of aromatic hydroxyl groups is 1. The van der Waals surface area contributed by atoms with E-state index in [0.717, 1.165) is 4.88 Å².